The minimum Gasteiger partial charge on any atom is -0.482 e. The summed E-state index contributed by atoms with van der Waals surface area (Å²) in [6, 6.07) is 1.94. The Kier molecular flexibility index (Phi) is 6.29. The highest BCUT2D eigenvalue weighted by molar-refractivity contribution is 9.10. The first-order chi connectivity index (χ1) is 9.90. The molecule has 1 rings (SSSR count). The summed E-state index contributed by atoms with van der Waals surface area (Å²) in [6.45, 7) is 1.64. The van der Waals surface area contributed by atoms with E-state index in [0.717, 1.165) is 12.1 Å². The van der Waals surface area contributed by atoms with Crippen LogP contribution in [0.15, 0.2) is 28.3 Å². The van der Waals surface area contributed by atoms with Crippen LogP contribution >= 0.6 is 15.9 Å². The maximum atomic E-state index is 13.4. The molecule has 0 aliphatic heterocycles. The maximum absolute atomic E-state index is 13.4. The van der Waals surface area contributed by atoms with Gasteiger partial charge in [0.2, 0.25) is 0 Å². The largest absolute Gasteiger partial charge is 0.482 e. The van der Waals surface area contributed by atoms with Crippen LogP contribution in [0.2, 0.25) is 0 Å². The van der Waals surface area contributed by atoms with Crippen molar-refractivity contribution in [2.45, 2.75) is 13.3 Å². The van der Waals surface area contributed by atoms with Crippen molar-refractivity contribution >= 4 is 27.6 Å². The fourth-order valence-corrected chi connectivity index (χ4v) is 1.84. The van der Waals surface area contributed by atoms with Gasteiger partial charge in [0.05, 0.1) is 16.5 Å². The van der Waals surface area contributed by atoms with Crippen LogP contribution in [0.4, 0.5) is 10.1 Å². The third kappa shape index (κ3) is 4.52. The quantitative estimate of drug-likeness (QED) is 0.336. The SMILES string of the molecule is CC/C(=C/COc1cc(F)c(Br)cc1[N+](=O)[O-])C(=O)OC. The van der Waals surface area contributed by atoms with Gasteiger partial charge in [-0.05, 0) is 28.4 Å². The average Bonchev–Trinajstić information content (AvgIpc) is 2.45. The summed E-state index contributed by atoms with van der Waals surface area (Å²) in [5.41, 5.74) is 0.00512. The molecule has 0 unspecified atom stereocenters. The molecule has 0 fully saturated rings. The molecule has 0 amide bonds. The summed E-state index contributed by atoms with van der Waals surface area (Å²) in [5, 5.41) is 10.9. The molecule has 114 valence electrons. The number of hydrogen-bond donors (Lipinski definition) is 0. The molecule has 0 saturated heterocycles. The number of halogens is 2. The normalized spacial score (nSPS) is 11.1. The Bertz CT molecular complexity index is 588. The van der Waals surface area contributed by atoms with E-state index < -0.39 is 16.7 Å². The number of esters is 1. The molecule has 0 radical (unpaired) electrons. The topological polar surface area (TPSA) is 78.7 Å². The Labute approximate surface area is 128 Å². The number of rotatable bonds is 6. The summed E-state index contributed by atoms with van der Waals surface area (Å²) in [7, 11) is 1.25. The van der Waals surface area contributed by atoms with E-state index in [1.165, 1.54) is 13.2 Å². The second kappa shape index (κ2) is 7.72. The molecular formula is C13H13BrFNO5. The van der Waals surface area contributed by atoms with Crippen molar-refractivity contribution in [1.82, 2.24) is 0 Å². The van der Waals surface area contributed by atoms with Crippen molar-refractivity contribution in [3.05, 3.63) is 44.2 Å². The first kappa shape index (κ1) is 17.1. The van der Waals surface area contributed by atoms with Gasteiger partial charge in [-0.25, -0.2) is 9.18 Å². The second-order valence-corrected chi connectivity index (χ2v) is 4.73. The summed E-state index contributed by atoms with van der Waals surface area (Å²) in [5.74, 6) is -1.39. The first-order valence-corrected chi connectivity index (χ1v) is 6.73. The molecule has 0 aliphatic rings. The predicted octanol–water partition coefficient (Wildman–Crippen LogP) is 3.38. The van der Waals surface area contributed by atoms with E-state index in [2.05, 4.69) is 20.7 Å². The molecule has 0 bridgehead atoms. The van der Waals surface area contributed by atoms with Crippen LogP contribution in [0.5, 0.6) is 5.75 Å². The van der Waals surface area contributed by atoms with Gasteiger partial charge in [-0.3, -0.25) is 10.1 Å². The van der Waals surface area contributed by atoms with Gasteiger partial charge >= 0.3 is 11.7 Å². The zero-order valence-electron chi connectivity index (χ0n) is 11.4. The van der Waals surface area contributed by atoms with E-state index in [4.69, 9.17) is 4.74 Å². The van der Waals surface area contributed by atoms with Crippen LogP contribution in [-0.4, -0.2) is 24.6 Å². The number of nitro groups is 1. The highest BCUT2D eigenvalue weighted by Crippen LogP contribution is 2.32. The monoisotopic (exact) mass is 361 g/mol. The highest BCUT2D eigenvalue weighted by atomic mass is 79.9. The summed E-state index contributed by atoms with van der Waals surface area (Å²) in [6.07, 6.45) is 1.86. The Hall–Kier alpha value is -1.96. The van der Waals surface area contributed by atoms with Crippen LogP contribution < -0.4 is 4.74 Å². The highest BCUT2D eigenvalue weighted by Gasteiger charge is 2.19. The zero-order chi connectivity index (χ0) is 16.0. The van der Waals surface area contributed by atoms with Crippen molar-refractivity contribution in [2.75, 3.05) is 13.7 Å². The Morgan fingerprint density at radius 2 is 2.19 bits per heavy atom. The molecule has 1 aromatic rings. The predicted molar refractivity (Wildman–Crippen MR) is 76.6 cm³/mol. The number of methoxy groups -OCH3 is 1. The smallest absolute Gasteiger partial charge is 0.333 e. The number of nitrogens with zero attached hydrogens (tertiary/aromatic N) is 1. The lowest BCUT2D eigenvalue weighted by atomic mass is 10.2. The van der Waals surface area contributed by atoms with Crippen LogP contribution in [0.3, 0.4) is 0 Å². The van der Waals surface area contributed by atoms with E-state index in [9.17, 15) is 19.3 Å². The molecule has 0 N–H and O–H groups in total. The minimum atomic E-state index is -0.678. The molecule has 0 saturated carbocycles. The van der Waals surface area contributed by atoms with Crippen molar-refractivity contribution in [3.8, 4) is 5.75 Å². The van der Waals surface area contributed by atoms with E-state index in [1.54, 1.807) is 6.92 Å². The molecule has 6 nitrogen and oxygen atoms in total. The van der Waals surface area contributed by atoms with Gasteiger partial charge < -0.3 is 9.47 Å². The summed E-state index contributed by atoms with van der Waals surface area (Å²) in [4.78, 5) is 21.5. The maximum Gasteiger partial charge on any atom is 0.333 e. The number of hydrogen-bond acceptors (Lipinski definition) is 5. The molecule has 0 aliphatic carbocycles. The van der Waals surface area contributed by atoms with Crippen LogP contribution in [0, 0.1) is 15.9 Å². The fourth-order valence-electron chi connectivity index (χ4n) is 1.51. The molecule has 8 heteroatoms. The number of ether oxygens (including phenoxy) is 2. The lowest BCUT2D eigenvalue weighted by Gasteiger charge is -2.07. The van der Waals surface area contributed by atoms with Gasteiger partial charge in [-0.15, -0.1) is 0 Å². The number of benzene rings is 1. The van der Waals surface area contributed by atoms with Crippen LogP contribution in [0.25, 0.3) is 0 Å². The molecule has 0 spiro atoms. The Balaban J connectivity index is 2.93. The Morgan fingerprint density at radius 3 is 2.71 bits per heavy atom. The minimum absolute atomic E-state index is 0.0269. The van der Waals surface area contributed by atoms with Crippen LogP contribution in [-0.2, 0) is 9.53 Å². The van der Waals surface area contributed by atoms with Crippen LogP contribution in [0.1, 0.15) is 13.3 Å². The van der Waals surface area contributed by atoms with E-state index in [0.29, 0.717) is 12.0 Å². The van der Waals surface area contributed by atoms with Crippen molar-refractivity contribution in [1.29, 1.82) is 0 Å². The van der Waals surface area contributed by atoms with Gasteiger partial charge in [-0.2, -0.15) is 0 Å². The van der Waals surface area contributed by atoms with Gasteiger partial charge in [-0.1, -0.05) is 6.92 Å². The van der Waals surface area contributed by atoms with Gasteiger partial charge in [0.25, 0.3) is 0 Å². The van der Waals surface area contributed by atoms with Gasteiger partial charge in [0, 0.05) is 17.7 Å². The van der Waals surface area contributed by atoms with Crippen molar-refractivity contribution in [2.24, 2.45) is 0 Å². The Morgan fingerprint density at radius 1 is 1.52 bits per heavy atom. The molecule has 0 heterocycles. The van der Waals surface area contributed by atoms with Gasteiger partial charge in [0.15, 0.2) is 5.75 Å². The average molecular weight is 362 g/mol. The lowest BCUT2D eigenvalue weighted by Crippen LogP contribution is -2.06. The van der Waals surface area contributed by atoms with Gasteiger partial charge in [0.1, 0.15) is 12.4 Å². The fraction of sp³-hybridized carbons (Fsp3) is 0.308. The molecule has 0 aromatic heterocycles. The van der Waals surface area contributed by atoms with E-state index in [1.807, 2.05) is 0 Å². The summed E-state index contributed by atoms with van der Waals surface area (Å²) < 4.78 is 23.1. The number of nitro benzene ring substituents is 1. The second-order valence-electron chi connectivity index (χ2n) is 3.88. The van der Waals surface area contributed by atoms with Crippen molar-refractivity contribution < 1.29 is 23.6 Å². The first-order valence-electron chi connectivity index (χ1n) is 5.94. The zero-order valence-corrected chi connectivity index (χ0v) is 13.0. The van der Waals surface area contributed by atoms with E-state index in [-0.39, 0.29) is 22.5 Å². The summed E-state index contributed by atoms with van der Waals surface area (Å²) >= 11 is 2.87. The molecule has 21 heavy (non-hydrogen) atoms. The molecule has 1 aromatic carbocycles. The number of carbonyl (C=O) groups excluding carboxylic acids is 1. The molecule has 0 atom stereocenters. The number of carbonyl (C=O) groups is 1. The lowest BCUT2D eigenvalue weighted by molar-refractivity contribution is -0.385. The van der Waals surface area contributed by atoms with E-state index >= 15 is 0 Å². The molecular weight excluding hydrogens is 349 g/mol. The third-order valence-electron chi connectivity index (χ3n) is 2.60. The standard InChI is InChI=1S/C13H13BrFNO5/c1-3-8(13(17)20-2)4-5-21-12-7-10(15)9(14)6-11(12)16(18)19/h4,6-7H,3,5H2,1-2H3/b8-4-. The third-order valence-corrected chi connectivity index (χ3v) is 3.20. The van der Waals surface area contributed by atoms with Crippen molar-refractivity contribution in [3.63, 3.8) is 0 Å².